The summed E-state index contributed by atoms with van der Waals surface area (Å²) in [5, 5.41) is 0. The third-order valence-electron chi connectivity index (χ3n) is 4.72. The fourth-order valence-electron chi connectivity index (χ4n) is 3.20. The van der Waals surface area contributed by atoms with Crippen LogP contribution in [0.25, 0.3) is 0 Å². The summed E-state index contributed by atoms with van der Waals surface area (Å²) >= 11 is 0. The van der Waals surface area contributed by atoms with E-state index in [0.717, 1.165) is 18.4 Å². The predicted molar refractivity (Wildman–Crippen MR) is 102 cm³/mol. The van der Waals surface area contributed by atoms with E-state index in [1.807, 2.05) is 0 Å². The second-order valence-corrected chi connectivity index (χ2v) is 14.0. The Morgan fingerprint density at radius 3 is 2.46 bits per heavy atom. The number of methoxy groups -OCH3 is 1. The van der Waals surface area contributed by atoms with Crippen LogP contribution in [0.2, 0.25) is 25.7 Å². The number of carbonyl (C=O) groups is 1. The van der Waals surface area contributed by atoms with Gasteiger partial charge in [0.1, 0.15) is 0 Å². The lowest BCUT2D eigenvalue weighted by atomic mass is 9.85. The largest absolute Gasteiger partial charge is 0.450 e. The highest BCUT2D eigenvalue weighted by Crippen LogP contribution is 2.27. The molecule has 1 atom stereocenters. The van der Waals surface area contributed by atoms with E-state index < -0.39 is 8.07 Å². The van der Waals surface area contributed by atoms with E-state index in [1.165, 1.54) is 32.1 Å². The van der Waals surface area contributed by atoms with Crippen LogP contribution < -0.4 is 5.73 Å². The highest BCUT2D eigenvalue weighted by Gasteiger charge is 2.22. The number of hydrogen-bond donors (Lipinski definition) is 1. The maximum absolute atomic E-state index is 12.4. The summed E-state index contributed by atoms with van der Waals surface area (Å²) < 4.78 is 10.6. The average molecular weight is 359 g/mol. The molecule has 1 aliphatic carbocycles. The molecule has 142 valence electrons. The number of carbonyl (C=O) groups excluding carboxylic acids is 1. The minimum Gasteiger partial charge on any atom is -0.450 e. The van der Waals surface area contributed by atoms with Crippen LogP contribution in [0.5, 0.6) is 0 Å². The van der Waals surface area contributed by atoms with Gasteiger partial charge in [0.15, 0.2) is 0 Å². The van der Waals surface area contributed by atoms with Crippen molar-refractivity contribution in [3.8, 4) is 0 Å². The van der Waals surface area contributed by atoms with Gasteiger partial charge in [0.2, 0.25) is 0 Å². The van der Waals surface area contributed by atoms with Crippen molar-refractivity contribution in [1.82, 2.24) is 4.90 Å². The molecule has 6 heteroatoms. The monoisotopic (exact) mass is 358 g/mol. The van der Waals surface area contributed by atoms with E-state index in [4.69, 9.17) is 15.2 Å². The highest BCUT2D eigenvalue weighted by atomic mass is 28.3. The van der Waals surface area contributed by atoms with Crippen LogP contribution in [0, 0.1) is 5.92 Å². The lowest BCUT2D eigenvalue weighted by molar-refractivity contribution is 0.0867. The summed E-state index contributed by atoms with van der Waals surface area (Å²) in [4.78, 5) is 14.1. The summed E-state index contributed by atoms with van der Waals surface area (Å²) in [6.07, 6.45) is 7.33. The second-order valence-electron chi connectivity index (χ2n) is 8.36. The van der Waals surface area contributed by atoms with E-state index in [9.17, 15) is 4.79 Å². The summed E-state index contributed by atoms with van der Waals surface area (Å²) in [5.41, 5.74) is 6.33. The number of ether oxygens (including phenoxy) is 2. The molecule has 0 aromatic heterocycles. The van der Waals surface area contributed by atoms with E-state index >= 15 is 0 Å². The molecule has 1 rings (SSSR count). The van der Waals surface area contributed by atoms with E-state index in [2.05, 4.69) is 19.6 Å². The number of hydrogen-bond acceptors (Lipinski definition) is 4. The van der Waals surface area contributed by atoms with Gasteiger partial charge in [-0.15, -0.1) is 0 Å². The molecule has 0 aromatic rings. The van der Waals surface area contributed by atoms with E-state index in [0.29, 0.717) is 26.3 Å². The van der Waals surface area contributed by atoms with Gasteiger partial charge in [-0.05, 0) is 18.4 Å². The summed E-state index contributed by atoms with van der Waals surface area (Å²) in [6, 6.07) is 1.01. The molecule has 0 aliphatic heterocycles. The molecule has 2 N–H and O–H groups in total. The molecule has 0 spiro atoms. The van der Waals surface area contributed by atoms with Crippen LogP contribution in [-0.4, -0.2) is 58.5 Å². The quantitative estimate of drug-likeness (QED) is 0.605. The van der Waals surface area contributed by atoms with Gasteiger partial charge in [-0.25, -0.2) is 4.79 Å². The van der Waals surface area contributed by atoms with Crippen LogP contribution in [0.4, 0.5) is 4.79 Å². The number of rotatable bonds is 10. The summed E-state index contributed by atoms with van der Waals surface area (Å²) in [7, 11) is 0.459. The van der Waals surface area contributed by atoms with Crippen LogP contribution in [0.1, 0.15) is 38.5 Å². The number of nitrogens with zero attached hydrogens (tertiary/aromatic N) is 1. The molecule has 0 bridgehead atoms. The Labute approximate surface area is 149 Å². The Kier molecular flexibility index (Phi) is 9.93. The maximum Gasteiger partial charge on any atom is 0.409 e. The Balaban J connectivity index is 2.42. The standard InChI is InChI=1S/C18H38N2O3Si/c1-22-11-10-20(18(21)23-12-13-24(2,3)4)15-17(19)14-16-8-6-5-7-9-16/h16-17H,5-15,19H2,1-4H3. The molecule has 1 aliphatic rings. The first kappa shape index (κ1) is 21.4. The smallest absolute Gasteiger partial charge is 0.409 e. The Hall–Kier alpha value is -0.593. The molecule has 1 amide bonds. The molecule has 0 radical (unpaired) electrons. The van der Waals surface area contributed by atoms with Gasteiger partial charge in [0.25, 0.3) is 0 Å². The van der Waals surface area contributed by atoms with Crippen LogP contribution >= 0.6 is 0 Å². The molecule has 24 heavy (non-hydrogen) atoms. The first-order chi connectivity index (χ1) is 11.3. The minimum atomic E-state index is -1.19. The number of amides is 1. The van der Waals surface area contributed by atoms with Gasteiger partial charge in [0, 0.05) is 34.3 Å². The van der Waals surface area contributed by atoms with E-state index in [-0.39, 0.29) is 12.1 Å². The zero-order valence-corrected chi connectivity index (χ0v) is 17.2. The van der Waals surface area contributed by atoms with Crippen molar-refractivity contribution in [1.29, 1.82) is 0 Å². The molecule has 0 saturated heterocycles. The molecule has 1 saturated carbocycles. The molecule has 0 aromatic carbocycles. The molecule has 0 heterocycles. The van der Waals surface area contributed by atoms with Crippen molar-refractivity contribution >= 4 is 14.2 Å². The fourth-order valence-corrected chi connectivity index (χ4v) is 3.92. The number of nitrogens with two attached hydrogens (primary N) is 1. The Morgan fingerprint density at radius 2 is 1.88 bits per heavy atom. The van der Waals surface area contributed by atoms with Crippen LogP contribution in [0.15, 0.2) is 0 Å². The molecule has 5 nitrogen and oxygen atoms in total. The first-order valence-corrected chi connectivity index (χ1v) is 13.2. The highest BCUT2D eigenvalue weighted by molar-refractivity contribution is 6.76. The third kappa shape index (κ3) is 9.64. The van der Waals surface area contributed by atoms with Crippen molar-refractivity contribution in [2.24, 2.45) is 11.7 Å². The van der Waals surface area contributed by atoms with Crippen molar-refractivity contribution < 1.29 is 14.3 Å². The van der Waals surface area contributed by atoms with Gasteiger partial charge in [-0.2, -0.15) is 0 Å². The van der Waals surface area contributed by atoms with Gasteiger partial charge < -0.3 is 20.1 Å². The average Bonchev–Trinajstić information content (AvgIpc) is 2.51. The molecular weight excluding hydrogens is 320 g/mol. The molecular formula is C18H38N2O3Si. The van der Waals surface area contributed by atoms with Gasteiger partial charge in [-0.1, -0.05) is 51.7 Å². The second kappa shape index (κ2) is 11.1. The van der Waals surface area contributed by atoms with Crippen molar-refractivity contribution in [3.63, 3.8) is 0 Å². The third-order valence-corrected chi connectivity index (χ3v) is 6.42. The minimum absolute atomic E-state index is 0.0227. The van der Waals surface area contributed by atoms with E-state index in [1.54, 1.807) is 12.0 Å². The SMILES string of the molecule is COCCN(CC(N)CC1CCCCC1)C(=O)OCC[Si](C)(C)C. The van der Waals surface area contributed by atoms with Crippen LogP contribution in [0.3, 0.4) is 0 Å². The summed E-state index contributed by atoms with van der Waals surface area (Å²) in [6.45, 7) is 8.97. The zero-order valence-electron chi connectivity index (χ0n) is 16.2. The maximum atomic E-state index is 12.4. The summed E-state index contributed by atoms with van der Waals surface area (Å²) in [5.74, 6) is 0.723. The topological polar surface area (TPSA) is 64.8 Å². The fraction of sp³-hybridized carbons (Fsp3) is 0.944. The van der Waals surface area contributed by atoms with Crippen molar-refractivity contribution in [2.75, 3.05) is 33.4 Å². The Bertz CT molecular complexity index is 355. The predicted octanol–water partition coefficient (Wildman–Crippen LogP) is 3.71. The molecule has 1 unspecified atom stereocenters. The Morgan fingerprint density at radius 1 is 1.21 bits per heavy atom. The van der Waals surface area contributed by atoms with Gasteiger partial charge in [0.05, 0.1) is 13.2 Å². The zero-order chi connectivity index (χ0) is 18.0. The van der Waals surface area contributed by atoms with Crippen molar-refractivity contribution in [2.45, 2.75) is 70.3 Å². The van der Waals surface area contributed by atoms with Crippen molar-refractivity contribution in [3.05, 3.63) is 0 Å². The van der Waals surface area contributed by atoms with Crippen LogP contribution in [-0.2, 0) is 9.47 Å². The van der Waals surface area contributed by atoms with Gasteiger partial charge in [-0.3, -0.25) is 0 Å². The lowest BCUT2D eigenvalue weighted by Crippen LogP contribution is -2.44. The van der Waals surface area contributed by atoms with Gasteiger partial charge >= 0.3 is 6.09 Å². The lowest BCUT2D eigenvalue weighted by Gasteiger charge is -2.29. The first-order valence-electron chi connectivity index (χ1n) is 9.48. The molecule has 1 fully saturated rings. The normalized spacial score (nSPS) is 17.5.